The van der Waals surface area contributed by atoms with Crippen LogP contribution in [0.3, 0.4) is 0 Å². The number of aliphatic carboxylic acids is 1. The minimum absolute atomic E-state index is 0.283. The maximum Gasteiger partial charge on any atom is 0.316 e. The van der Waals surface area contributed by atoms with Gasteiger partial charge in [0.2, 0.25) is 5.91 Å². The molecule has 1 amide bonds. The van der Waals surface area contributed by atoms with E-state index in [2.05, 4.69) is 19.2 Å². The molecule has 0 radical (unpaired) electrons. The molecule has 0 heterocycles. The molecule has 0 bridgehead atoms. The van der Waals surface area contributed by atoms with Crippen LogP contribution >= 0.6 is 0 Å². The Labute approximate surface area is 107 Å². The number of anilines is 1. The van der Waals surface area contributed by atoms with E-state index in [9.17, 15) is 9.59 Å². The fourth-order valence-corrected chi connectivity index (χ4v) is 1.65. The van der Waals surface area contributed by atoms with Crippen LogP contribution in [0, 0.1) is 5.92 Å². The van der Waals surface area contributed by atoms with Gasteiger partial charge < -0.3 is 10.4 Å². The van der Waals surface area contributed by atoms with Crippen LogP contribution in [0.1, 0.15) is 38.7 Å². The zero-order valence-corrected chi connectivity index (χ0v) is 10.9. The summed E-state index contributed by atoms with van der Waals surface area (Å²) in [5.74, 6) is -2.12. The number of amides is 1. The number of rotatable bonds is 5. The first-order valence-corrected chi connectivity index (χ1v) is 6.09. The minimum atomic E-state index is -1.09. The van der Waals surface area contributed by atoms with Gasteiger partial charge in [0.1, 0.15) is 5.92 Å². The molecule has 0 aliphatic rings. The Morgan fingerprint density at radius 1 is 1.22 bits per heavy atom. The van der Waals surface area contributed by atoms with E-state index in [1.165, 1.54) is 5.56 Å². The minimum Gasteiger partial charge on any atom is -0.481 e. The molecule has 1 unspecified atom stereocenters. The number of nitrogens with one attached hydrogen (secondary N) is 1. The first-order chi connectivity index (χ1) is 8.45. The smallest absolute Gasteiger partial charge is 0.316 e. The molecule has 1 atom stereocenters. The number of benzene rings is 1. The maximum absolute atomic E-state index is 11.7. The van der Waals surface area contributed by atoms with E-state index in [0.29, 0.717) is 11.6 Å². The highest BCUT2D eigenvalue weighted by atomic mass is 16.4. The number of carboxylic acids is 1. The van der Waals surface area contributed by atoms with E-state index in [1.54, 1.807) is 19.1 Å². The molecule has 0 saturated carbocycles. The number of carbonyl (C=O) groups is 2. The van der Waals surface area contributed by atoms with Crippen molar-refractivity contribution < 1.29 is 14.7 Å². The molecule has 98 valence electrons. The molecule has 0 spiro atoms. The fraction of sp³-hybridized carbons (Fsp3) is 0.429. The molecule has 0 aliphatic heterocycles. The lowest BCUT2D eigenvalue weighted by Crippen LogP contribution is -2.28. The highest BCUT2D eigenvalue weighted by molar-refractivity contribution is 6.04. The predicted molar refractivity (Wildman–Crippen MR) is 70.6 cm³/mol. The van der Waals surface area contributed by atoms with Crippen LogP contribution < -0.4 is 5.32 Å². The highest BCUT2D eigenvalue weighted by Crippen LogP contribution is 2.18. The summed E-state index contributed by atoms with van der Waals surface area (Å²) in [5, 5.41) is 11.5. The third-order valence-electron chi connectivity index (χ3n) is 2.87. The topological polar surface area (TPSA) is 66.4 Å². The Bertz CT molecular complexity index is 423. The number of hydrogen-bond acceptors (Lipinski definition) is 2. The summed E-state index contributed by atoms with van der Waals surface area (Å²) in [4.78, 5) is 22.6. The first kappa shape index (κ1) is 14.2. The molecule has 1 aromatic carbocycles. The molecule has 1 aromatic rings. The first-order valence-electron chi connectivity index (χ1n) is 6.09. The Kier molecular flexibility index (Phi) is 4.89. The molecule has 0 aliphatic carbocycles. The maximum atomic E-state index is 11.7. The second-order valence-electron chi connectivity index (χ2n) is 4.57. The van der Waals surface area contributed by atoms with Crippen LogP contribution in [0.25, 0.3) is 0 Å². The molecule has 2 N–H and O–H groups in total. The van der Waals surface area contributed by atoms with Crippen LogP contribution in [0.15, 0.2) is 24.3 Å². The monoisotopic (exact) mass is 249 g/mol. The summed E-state index contributed by atoms with van der Waals surface area (Å²) in [6, 6.07) is 7.45. The molecular weight excluding hydrogens is 230 g/mol. The average Bonchev–Trinajstić information content (AvgIpc) is 2.29. The normalized spacial score (nSPS) is 12.2. The van der Waals surface area contributed by atoms with Crippen molar-refractivity contribution in [2.45, 2.75) is 33.1 Å². The largest absolute Gasteiger partial charge is 0.481 e. The van der Waals surface area contributed by atoms with Gasteiger partial charge in [-0.25, -0.2) is 0 Å². The lowest BCUT2D eigenvalue weighted by atomic mass is 10.0. The number of carbonyl (C=O) groups excluding carboxylic acids is 1. The van der Waals surface area contributed by atoms with E-state index in [4.69, 9.17) is 5.11 Å². The van der Waals surface area contributed by atoms with E-state index in [-0.39, 0.29) is 6.42 Å². The van der Waals surface area contributed by atoms with Crippen molar-refractivity contribution in [1.29, 1.82) is 0 Å². The Balaban J connectivity index is 2.73. The van der Waals surface area contributed by atoms with E-state index < -0.39 is 17.8 Å². The molecular formula is C14H19NO3. The molecule has 0 saturated heterocycles. The van der Waals surface area contributed by atoms with Crippen LogP contribution in [-0.4, -0.2) is 17.0 Å². The Morgan fingerprint density at radius 3 is 2.17 bits per heavy atom. The van der Waals surface area contributed by atoms with Gasteiger partial charge in [0.25, 0.3) is 0 Å². The van der Waals surface area contributed by atoms with Crippen LogP contribution in [0.5, 0.6) is 0 Å². The molecule has 18 heavy (non-hydrogen) atoms. The average molecular weight is 249 g/mol. The number of carboxylic acid groups (broad SMARTS) is 1. The SMILES string of the molecule is CCC(C(=O)O)C(=O)Nc1ccc(C(C)C)cc1. The second-order valence-corrected chi connectivity index (χ2v) is 4.57. The van der Waals surface area contributed by atoms with Crippen molar-refractivity contribution in [3.05, 3.63) is 29.8 Å². The molecule has 4 heteroatoms. The molecule has 0 fully saturated rings. The van der Waals surface area contributed by atoms with Gasteiger partial charge in [-0.15, -0.1) is 0 Å². The lowest BCUT2D eigenvalue weighted by Gasteiger charge is -2.11. The van der Waals surface area contributed by atoms with Crippen molar-refractivity contribution in [2.24, 2.45) is 5.92 Å². The van der Waals surface area contributed by atoms with Crippen molar-refractivity contribution in [3.63, 3.8) is 0 Å². The van der Waals surface area contributed by atoms with Gasteiger partial charge >= 0.3 is 5.97 Å². The van der Waals surface area contributed by atoms with Gasteiger partial charge in [0.05, 0.1) is 0 Å². The van der Waals surface area contributed by atoms with Crippen LogP contribution in [0.2, 0.25) is 0 Å². The van der Waals surface area contributed by atoms with Gasteiger partial charge in [-0.1, -0.05) is 32.9 Å². The molecule has 4 nitrogen and oxygen atoms in total. The highest BCUT2D eigenvalue weighted by Gasteiger charge is 2.23. The molecule has 0 aromatic heterocycles. The van der Waals surface area contributed by atoms with Crippen molar-refractivity contribution in [1.82, 2.24) is 0 Å². The Morgan fingerprint density at radius 2 is 1.78 bits per heavy atom. The predicted octanol–water partition coefficient (Wildman–Crippen LogP) is 2.86. The summed E-state index contributed by atoms with van der Waals surface area (Å²) in [6.07, 6.45) is 0.283. The van der Waals surface area contributed by atoms with Gasteiger partial charge in [-0.3, -0.25) is 9.59 Å². The van der Waals surface area contributed by atoms with Gasteiger partial charge in [-0.2, -0.15) is 0 Å². The fourth-order valence-electron chi connectivity index (χ4n) is 1.65. The van der Waals surface area contributed by atoms with Crippen LogP contribution in [-0.2, 0) is 9.59 Å². The summed E-state index contributed by atoms with van der Waals surface area (Å²) in [6.45, 7) is 5.86. The Hall–Kier alpha value is -1.84. The quantitative estimate of drug-likeness (QED) is 0.788. The zero-order valence-electron chi connectivity index (χ0n) is 10.9. The summed E-state index contributed by atoms with van der Waals surface area (Å²) >= 11 is 0. The van der Waals surface area contributed by atoms with E-state index >= 15 is 0 Å². The lowest BCUT2D eigenvalue weighted by molar-refractivity contribution is -0.145. The van der Waals surface area contributed by atoms with Crippen molar-refractivity contribution in [3.8, 4) is 0 Å². The van der Waals surface area contributed by atoms with Gasteiger partial charge in [0.15, 0.2) is 0 Å². The third kappa shape index (κ3) is 3.58. The van der Waals surface area contributed by atoms with Gasteiger partial charge in [-0.05, 0) is 30.0 Å². The van der Waals surface area contributed by atoms with Gasteiger partial charge in [0, 0.05) is 5.69 Å². The number of hydrogen-bond donors (Lipinski definition) is 2. The molecule has 1 rings (SSSR count). The standard InChI is InChI=1S/C14H19NO3/c1-4-12(14(17)18)13(16)15-11-7-5-10(6-8-11)9(2)3/h5-9,12H,4H2,1-3H3,(H,15,16)(H,17,18). The zero-order chi connectivity index (χ0) is 13.7. The summed E-state index contributed by atoms with van der Waals surface area (Å²) < 4.78 is 0. The van der Waals surface area contributed by atoms with Crippen molar-refractivity contribution >= 4 is 17.6 Å². The summed E-state index contributed by atoms with van der Waals surface area (Å²) in [5.41, 5.74) is 1.81. The van der Waals surface area contributed by atoms with E-state index in [0.717, 1.165) is 0 Å². The van der Waals surface area contributed by atoms with Crippen LogP contribution in [0.4, 0.5) is 5.69 Å². The van der Waals surface area contributed by atoms with Crippen molar-refractivity contribution in [2.75, 3.05) is 5.32 Å². The third-order valence-corrected chi connectivity index (χ3v) is 2.87. The van der Waals surface area contributed by atoms with E-state index in [1.807, 2.05) is 12.1 Å². The second kappa shape index (κ2) is 6.19. The summed E-state index contributed by atoms with van der Waals surface area (Å²) in [7, 11) is 0.